The first-order valence-corrected chi connectivity index (χ1v) is 7.73. The van der Waals surface area contributed by atoms with Crippen molar-refractivity contribution in [2.24, 2.45) is 11.7 Å². The standard InChI is InChI=1S/C16H16ClN3O3/c17-12-5-1-3-10(7-12)13-8-14(23-19-13)16(22)20-6-2-4-11(9-20)15(18)21/h1,3,5,7-8,11H,2,4,6,9H2,(H2,18,21)/t11-/m0/s1. The SMILES string of the molecule is NC(=O)[C@H]1CCCN(C(=O)c2cc(-c3cccc(Cl)c3)no2)C1. The zero-order valence-electron chi connectivity index (χ0n) is 12.4. The highest BCUT2D eigenvalue weighted by Crippen LogP contribution is 2.24. The van der Waals surface area contributed by atoms with Crippen molar-refractivity contribution in [1.29, 1.82) is 0 Å². The number of rotatable bonds is 3. The molecule has 1 fully saturated rings. The van der Waals surface area contributed by atoms with E-state index in [1.807, 2.05) is 6.07 Å². The van der Waals surface area contributed by atoms with Crippen molar-refractivity contribution in [3.8, 4) is 11.3 Å². The van der Waals surface area contributed by atoms with E-state index in [2.05, 4.69) is 5.16 Å². The number of nitrogens with zero attached hydrogens (tertiary/aromatic N) is 2. The first-order valence-electron chi connectivity index (χ1n) is 7.36. The van der Waals surface area contributed by atoms with Crippen molar-refractivity contribution in [3.05, 3.63) is 41.1 Å². The molecule has 0 bridgehead atoms. The van der Waals surface area contributed by atoms with Gasteiger partial charge in [0.1, 0.15) is 5.69 Å². The average molecular weight is 334 g/mol. The molecule has 0 unspecified atom stereocenters. The van der Waals surface area contributed by atoms with Gasteiger partial charge in [-0.15, -0.1) is 0 Å². The van der Waals surface area contributed by atoms with Gasteiger partial charge in [0.15, 0.2) is 0 Å². The van der Waals surface area contributed by atoms with Crippen molar-refractivity contribution in [1.82, 2.24) is 10.1 Å². The molecule has 1 saturated heterocycles. The first kappa shape index (κ1) is 15.6. The van der Waals surface area contributed by atoms with Gasteiger partial charge in [-0.1, -0.05) is 28.9 Å². The van der Waals surface area contributed by atoms with Crippen LogP contribution in [0, 0.1) is 5.92 Å². The molecule has 6 nitrogen and oxygen atoms in total. The lowest BCUT2D eigenvalue weighted by atomic mass is 9.97. The fourth-order valence-electron chi connectivity index (χ4n) is 2.71. The number of nitrogens with two attached hydrogens (primary N) is 1. The molecule has 0 saturated carbocycles. The van der Waals surface area contributed by atoms with Crippen LogP contribution in [0.3, 0.4) is 0 Å². The summed E-state index contributed by atoms with van der Waals surface area (Å²) in [6.07, 6.45) is 1.46. The van der Waals surface area contributed by atoms with E-state index in [4.69, 9.17) is 21.9 Å². The van der Waals surface area contributed by atoms with E-state index in [0.29, 0.717) is 30.2 Å². The van der Waals surface area contributed by atoms with Gasteiger partial charge >= 0.3 is 0 Å². The molecule has 1 aliphatic rings. The minimum atomic E-state index is -0.375. The van der Waals surface area contributed by atoms with Crippen molar-refractivity contribution in [2.75, 3.05) is 13.1 Å². The first-order chi connectivity index (χ1) is 11.0. The third-order valence-electron chi connectivity index (χ3n) is 3.95. The number of carbonyl (C=O) groups excluding carboxylic acids is 2. The summed E-state index contributed by atoms with van der Waals surface area (Å²) in [5, 5.41) is 4.51. The topological polar surface area (TPSA) is 89.4 Å². The summed E-state index contributed by atoms with van der Waals surface area (Å²) >= 11 is 5.95. The summed E-state index contributed by atoms with van der Waals surface area (Å²) in [5.74, 6) is -0.815. The quantitative estimate of drug-likeness (QED) is 0.933. The number of hydrogen-bond acceptors (Lipinski definition) is 4. The lowest BCUT2D eigenvalue weighted by molar-refractivity contribution is -0.123. The van der Waals surface area contributed by atoms with Gasteiger partial charge in [-0.05, 0) is 25.0 Å². The fourth-order valence-corrected chi connectivity index (χ4v) is 2.90. The summed E-state index contributed by atoms with van der Waals surface area (Å²) in [4.78, 5) is 25.4. The van der Waals surface area contributed by atoms with Crippen molar-refractivity contribution >= 4 is 23.4 Å². The maximum absolute atomic E-state index is 12.5. The second kappa shape index (κ2) is 6.42. The van der Waals surface area contributed by atoms with E-state index >= 15 is 0 Å². The molecule has 0 aliphatic carbocycles. The number of benzene rings is 1. The minimum Gasteiger partial charge on any atom is -0.369 e. The maximum atomic E-state index is 12.5. The Morgan fingerprint density at radius 3 is 2.91 bits per heavy atom. The van der Waals surface area contributed by atoms with Crippen LogP contribution < -0.4 is 5.73 Å². The second-order valence-corrected chi connectivity index (χ2v) is 6.02. The Bertz CT molecular complexity index is 744. The number of amides is 2. The molecule has 2 N–H and O–H groups in total. The van der Waals surface area contributed by atoms with Crippen LogP contribution in [0.25, 0.3) is 11.3 Å². The van der Waals surface area contributed by atoms with Crippen LogP contribution in [0.2, 0.25) is 5.02 Å². The van der Waals surface area contributed by atoms with Crippen molar-refractivity contribution in [3.63, 3.8) is 0 Å². The molecule has 1 aromatic carbocycles. The second-order valence-electron chi connectivity index (χ2n) is 5.58. The molecule has 2 heterocycles. The average Bonchev–Trinajstić information content (AvgIpc) is 3.04. The number of piperidine rings is 1. The van der Waals surface area contributed by atoms with Crippen LogP contribution in [0.15, 0.2) is 34.9 Å². The number of likely N-dealkylation sites (tertiary alicyclic amines) is 1. The lowest BCUT2D eigenvalue weighted by Crippen LogP contribution is -2.44. The molecule has 1 aromatic heterocycles. The zero-order chi connectivity index (χ0) is 16.4. The predicted molar refractivity (Wildman–Crippen MR) is 84.8 cm³/mol. The Morgan fingerprint density at radius 2 is 2.17 bits per heavy atom. The molecule has 23 heavy (non-hydrogen) atoms. The third kappa shape index (κ3) is 3.37. The zero-order valence-corrected chi connectivity index (χ0v) is 13.1. The number of carbonyl (C=O) groups is 2. The predicted octanol–water partition coefficient (Wildman–Crippen LogP) is 2.33. The normalized spacial score (nSPS) is 18.0. The fraction of sp³-hybridized carbons (Fsp3) is 0.312. The van der Waals surface area contributed by atoms with Crippen LogP contribution in [0.4, 0.5) is 0 Å². The molecule has 0 radical (unpaired) electrons. The highest BCUT2D eigenvalue weighted by atomic mass is 35.5. The smallest absolute Gasteiger partial charge is 0.292 e. The van der Waals surface area contributed by atoms with E-state index < -0.39 is 0 Å². The van der Waals surface area contributed by atoms with E-state index in [0.717, 1.165) is 12.0 Å². The molecule has 0 spiro atoms. The monoisotopic (exact) mass is 333 g/mol. The highest BCUT2D eigenvalue weighted by Gasteiger charge is 2.29. The van der Waals surface area contributed by atoms with E-state index in [1.54, 1.807) is 29.2 Å². The van der Waals surface area contributed by atoms with Gasteiger partial charge in [0, 0.05) is 29.7 Å². The summed E-state index contributed by atoms with van der Waals surface area (Å²) in [6.45, 7) is 0.900. The molecular formula is C16H16ClN3O3. The van der Waals surface area contributed by atoms with Gasteiger partial charge in [-0.2, -0.15) is 0 Å². The summed E-state index contributed by atoms with van der Waals surface area (Å²) in [7, 11) is 0. The Hall–Kier alpha value is -2.34. The Labute approximate surface area is 138 Å². The molecular weight excluding hydrogens is 318 g/mol. The van der Waals surface area contributed by atoms with E-state index in [-0.39, 0.29) is 23.5 Å². The molecule has 7 heteroatoms. The largest absolute Gasteiger partial charge is 0.369 e. The van der Waals surface area contributed by atoms with E-state index in [9.17, 15) is 9.59 Å². The number of hydrogen-bond donors (Lipinski definition) is 1. The van der Waals surface area contributed by atoms with Gasteiger partial charge in [0.25, 0.3) is 5.91 Å². The van der Waals surface area contributed by atoms with Crippen LogP contribution >= 0.6 is 11.6 Å². The number of aromatic nitrogens is 1. The molecule has 120 valence electrons. The van der Waals surface area contributed by atoms with Gasteiger partial charge in [0.2, 0.25) is 11.7 Å². The Kier molecular flexibility index (Phi) is 4.34. The highest BCUT2D eigenvalue weighted by molar-refractivity contribution is 6.30. The van der Waals surface area contributed by atoms with Crippen LogP contribution in [-0.2, 0) is 4.79 Å². The van der Waals surface area contributed by atoms with Crippen molar-refractivity contribution in [2.45, 2.75) is 12.8 Å². The molecule has 2 amide bonds. The van der Waals surface area contributed by atoms with Crippen LogP contribution in [0.1, 0.15) is 23.4 Å². The number of halogens is 1. The van der Waals surface area contributed by atoms with Crippen LogP contribution in [-0.4, -0.2) is 35.0 Å². The Balaban J connectivity index is 1.77. The molecule has 3 rings (SSSR count). The molecule has 1 aliphatic heterocycles. The summed E-state index contributed by atoms with van der Waals surface area (Å²) < 4.78 is 5.17. The number of primary amides is 1. The lowest BCUT2D eigenvalue weighted by Gasteiger charge is -2.30. The molecule has 2 aromatic rings. The summed E-state index contributed by atoms with van der Waals surface area (Å²) in [6, 6.07) is 8.73. The van der Waals surface area contributed by atoms with Crippen molar-refractivity contribution < 1.29 is 14.1 Å². The van der Waals surface area contributed by atoms with E-state index in [1.165, 1.54) is 0 Å². The van der Waals surface area contributed by atoms with Gasteiger partial charge in [-0.3, -0.25) is 9.59 Å². The summed E-state index contributed by atoms with van der Waals surface area (Å²) in [5.41, 5.74) is 6.65. The van der Waals surface area contributed by atoms with Gasteiger partial charge < -0.3 is 15.2 Å². The maximum Gasteiger partial charge on any atom is 0.292 e. The van der Waals surface area contributed by atoms with Gasteiger partial charge in [0.05, 0.1) is 5.92 Å². The minimum absolute atomic E-state index is 0.144. The van der Waals surface area contributed by atoms with Crippen LogP contribution in [0.5, 0.6) is 0 Å². The molecule has 1 atom stereocenters. The van der Waals surface area contributed by atoms with Gasteiger partial charge in [-0.25, -0.2) is 0 Å². The third-order valence-corrected chi connectivity index (χ3v) is 4.19. The Morgan fingerprint density at radius 1 is 1.35 bits per heavy atom.